The number of nitro groups is 1. The third-order valence-corrected chi connectivity index (χ3v) is 1.94. The summed E-state index contributed by atoms with van der Waals surface area (Å²) >= 11 is 0. The minimum absolute atomic E-state index is 0.123. The van der Waals surface area contributed by atoms with Crippen LogP contribution >= 0.6 is 0 Å². The summed E-state index contributed by atoms with van der Waals surface area (Å²) in [7, 11) is 0. The average molecular weight is 207 g/mol. The molecule has 0 saturated heterocycles. The summed E-state index contributed by atoms with van der Waals surface area (Å²) in [5.41, 5.74) is -1.63. The quantitative estimate of drug-likeness (QED) is 0.511. The maximum atomic E-state index is 11.3. The van der Waals surface area contributed by atoms with Crippen LogP contribution in [0.2, 0.25) is 0 Å². The Bertz CT molecular complexity index is 655. The van der Waals surface area contributed by atoms with Crippen LogP contribution in [0.4, 0.5) is 5.69 Å². The highest BCUT2D eigenvalue weighted by molar-refractivity contribution is 5.86. The van der Waals surface area contributed by atoms with Crippen molar-refractivity contribution in [1.82, 2.24) is 9.97 Å². The average Bonchev–Trinajstić information content (AvgIpc) is 2.16. The van der Waals surface area contributed by atoms with Gasteiger partial charge in [0.05, 0.1) is 10.4 Å². The molecule has 0 unspecified atom stereocenters. The van der Waals surface area contributed by atoms with E-state index in [9.17, 15) is 19.7 Å². The van der Waals surface area contributed by atoms with E-state index in [0.717, 1.165) is 0 Å². The van der Waals surface area contributed by atoms with E-state index in [1.807, 2.05) is 4.98 Å². The number of H-pyrrole nitrogens is 2. The highest BCUT2D eigenvalue weighted by atomic mass is 16.6. The van der Waals surface area contributed by atoms with Crippen LogP contribution in [-0.4, -0.2) is 14.9 Å². The van der Waals surface area contributed by atoms with E-state index in [2.05, 4.69) is 4.98 Å². The van der Waals surface area contributed by atoms with E-state index >= 15 is 0 Å². The highest BCUT2D eigenvalue weighted by Crippen LogP contribution is 2.18. The van der Waals surface area contributed by atoms with Gasteiger partial charge in [0.15, 0.2) is 0 Å². The SMILES string of the molecule is O=c1[nH]c(=O)c2c([N+](=O)[O-])cccc2[nH]1. The Kier molecular flexibility index (Phi) is 1.86. The number of aromatic amines is 2. The first-order valence-electron chi connectivity index (χ1n) is 3.99. The second-order valence-corrected chi connectivity index (χ2v) is 2.87. The smallest absolute Gasteiger partial charge is 0.307 e. The van der Waals surface area contributed by atoms with Crippen molar-refractivity contribution in [2.75, 3.05) is 0 Å². The molecule has 0 radical (unpaired) electrons. The molecule has 1 heterocycles. The maximum Gasteiger partial charge on any atom is 0.326 e. The zero-order valence-corrected chi connectivity index (χ0v) is 7.31. The fourth-order valence-electron chi connectivity index (χ4n) is 1.35. The molecule has 0 amide bonds. The maximum absolute atomic E-state index is 11.3. The number of aromatic nitrogens is 2. The molecule has 1 aromatic heterocycles. The summed E-state index contributed by atoms with van der Waals surface area (Å²) in [6.07, 6.45) is 0. The van der Waals surface area contributed by atoms with E-state index in [4.69, 9.17) is 0 Å². The van der Waals surface area contributed by atoms with Crippen LogP contribution < -0.4 is 11.2 Å². The van der Waals surface area contributed by atoms with Gasteiger partial charge in [-0.15, -0.1) is 0 Å². The minimum Gasteiger partial charge on any atom is -0.307 e. The summed E-state index contributed by atoms with van der Waals surface area (Å²) < 4.78 is 0. The van der Waals surface area contributed by atoms with Gasteiger partial charge in [0, 0.05) is 6.07 Å². The van der Waals surface area contributed by atoms with Crippen molar-refractivity contribution in [3.63, 3.8) is 0 Å². The van der Waals surface area contributed by atoms with Gasteiger partial charge in [-0.2, -0.15) is 0 Å². The third kappa shape index (κ3) is 1.39. The summed E-state index contributed by atoms with van der Waals surface area (Å²) in [5, 5.41) is 10.5. The van der Waals surface area contributed by atoms with Crippen molar-refractivity contribution in [3.05, 3.63) is 49.2 Å². The second-order valence-electron chi connectivity index (χ2n) is 2.87. The number of nitrogens with one attached hydrogen (secondary N) is 2. The normalized spacial score (nSPS) is 10.4. The number of benzene rings is 1. The third-order valence-electron chi connectivity index (χ3n) is 1.94. The van der Waals surface area contributed by atoms with Crippen LogP contribution in [-0.2, 0) is 0 Å². The second kappa shape index (κ2) is 3.05. The van der Waals surface area contributed by atoms with Gasteiger partial charge in [-0.25, -0.2) is 4.79 Å². The standard InChI is InChI=1S/C8H5N3O4/c12-7-6-4(9-8(13)10-7)2-1-3-5(6)11(14)15/h1-3H,(H2,9,10,12,13). The largest absolute Gasteiger partial charge is 0.326 e. The fourth-order valence-corrected chi connectivity index (χ4v) is 1.35. The Morgan fingerprint density at radius 2 is 1.93 bits per heavy atom. The predicted octanol–water partition coefficient (Wildman–Crippen LogP) is 0.125. The van der Waals surface area contributed by atoms with Crippen LogP contribution in [0, 0.1) is 10.1 Å². The molecule has 2 N–H and O–H groups in total. The van der Waals surface area contributed by atoms with Gasteiger partial charge in [0.25, 0.3) is 11.2 Å². The number of fused-ring (bicyclic) bond motifs is 1. The molecule has 0 fully saturated rings. The zero-order valence-electron chi connectivity index (χ0n) is 7.31. The zero-order chi connectivity index (χ0) is 11.0. The summed E-state index contributed by atoms with van der Waals surface area (Å²) in [6, 6.07) is 4.03. The van der Waals surface area contributed by atoms with Gasteiger partial charge in [-0.1, -0.05) is 6.07 Å². The molecule has 15 heavy (non-hydrogen) atoms. The van der Waals surface area contributed by atoms with E-state index < -0.39 is 16.2 Å². The van der Waals surface area contributed by atoms with Crippen molar-refractivity contribution in [1.29, 1.82) is 0 Å². The molecule has 0 bridgehead atoms. The van der Waals surface area contributed by atoms with Crippen LogP contribution in [0.5, 0.6) is 0 Å². The van der Waals surface area contributed by atoms with E-state index in [1.54, 1.807) is 0 Å². The molecule has 0 saturated carbocycles. The molecule has 7 heteroatoms. The van der Waals surface area contributed by atoms with Crippen molar-refractivity contribution in [3.8, 4) is 0 Å². The Morgan fingerprint density at radius 3 is 2.60 bits per heavy atom. The molecule has 1 aromatic carbocycles. The lowest BCUT2D eigenvalue weighted by atomic mass is 10.2. The van der Waals surface area contributed by atoms with Crippen molar-refractivity contribution >= 4 is 16.6 Å². The Balaban J connectivity index is 3.05. The van der Waals surface area contributed by atoms with Crippen molar-refractivity contribution in [2.45, 2.75) is 0 Å². The van der Waals surface area contributed by atoms with Gasteiger partial charge in [-0.05, 0) is 6.07 Å². The van der Waals surface area contributed by atoms with Crippen LogP contribution in [0.15, 0.2) is 27.8 Å². The van der Waals surface area contributed by atoms with E-state index in [-0.39, 0.29) is 16.6 Å². The molecule has 7 nitrogen and oxygen atoms in total. The lowest BCUT2D eigenvalue weighted by molar-refractivity contribution is -0.383. The first-order valence-corrected chi connectivity index (χ1v) is 3.99. The molecular weight excluding hydrogens is 202 g/mol. The van der Waals surface area contributed by atoms with Crippen molar-refractivity contribution < 1.29 is 4.92 Å². The summed E-state index contributed by atoms with van der Waals surface area (Å²) in [4.78, 5) is 36.4. The first-order chi connectivity index (χ1) is 7.09. The van der Waals surface area contributed by atoms with Gasteiger partial charge < -0.3 is 4.98 Å². The highest BCUT2D eigenvalue weighted by Gasteiger charge is 2.14. The molecule has 2 aromatic rings. The van der Waals surface area contributed by atoms with E-state index in [1.165, 1.54) is 18.2 Å². The molecular formula is C8H5N3O4. The molecule has 0 spiro atoms. The lowest BCUT2D eigenvalue weighted by Gasteiger charge is -1.96. The number of rotatable bonds is 1. The summed E-state index contributed by atoms with van der Waals surface area (Å²) in [5.74, 6) is 0. The minimum atomic E-state index is -0.763. The molecule has 76 valence electrons. The number of nitrogens with zero attached hydrogens (tertiary/aromatic N) is 1. The Hall–Kier alpha value is -2.44. The topological polar surface area (TPSA) is 109 Å². The molecule has 0 aliphatic rings. The summed E-state index contributed by atoms with van der Waals surface area (Å²) in [6.45, 7) is 0. The van der Waals surface area contributed by atoms with Gasteiger partial charge in [0.2, 0.25) is 0 Å². The lowest BCUT2D eigenvalue weighted by Crippen LogP contribution is -2.22. The van der Waals surface area contributed by atoms with Crippen molar-refractivity contribution in [2.24, 2.45) is 0 Å². The number of hydrogen-bond donors (Lipinski definition) is 2. The van der Waals surface area contributed by atoms with Crippen LogP contribution in [0.25, 0.3) is 10.9 Å². The van der Waals surface area contributed by atoms with Gasteiger partial charge >= 0.3 is 5.69 Å². The van der Waals surface area contributed by atoms with E-state index in [0.29, 0.717) is 0 Å². The molecule has 0 aliphatic heterocycles. The Labute approximate surface area is 81.5 Å². The molecule has 0 aliphatic carbocycles. The molecule has 0 atom stereocenters. The van der Waals surface area contributed by atoms with Crippen LogP contribution in [0.1, 0.15) is 0 Å². The number of non-ortho nitro benzene ring substituents is 1. The molecule has 2 rings (SSSR count). The fraction of sp³-hybridized carbons (Fsp3) is 0. The van der Waals surface area contributed by atoms with Crippen LogP contribution in [0.3, 0.4) is 0 Å². The Morgan fingerprint density at radius 1 is 1.20 bits per heavy atom. The monoisotopic (exact) mass is 207 g/mol. The van der Waals surface area contributed by atoms with Gasteiger partial charge in [0.1, 0.15) is 5.39 Å². The predicted molar refractivity (Wildman–Crippen MR) is 51.8 cm³/mol. The number of hydrogen-bond acceptors (Lipinski definition) is 4. The van der Waals surface area contributed by atoms with Gasteiger partial charge in [-0.3, -0.25) is 19.9 Å². The number of nitro benzene ring substituents is 1. The first kappa shape index (κ1) is 9.13.